The zero-order valence-electron chi connectivity index (χ0n) is 13.4. The zero-order chi connectivity index (χ0) is 14.8. The molecule has 0 bridgehead atoms. The van der Waals surface area contributed by atoms with Crippen LogP contribution < -0.4 is 10.2 Å². The highest BCUT2D eigenvalue weighted by Gasteiger charge is 2.26. The van der Waals surface area contributed by atoms with E-state index in [0.29, 0.717) is 0 Å². The van der Waals surface area contributed by atoms with E-state index in [4.69, 9.17) is 0 Å². The summed E-state index contributed by atoms with van der Waals surface area (Å²) in [6.07, 6.45) is 0. The summed E-state index contributed by atoms with van der Waals surface area (Å²) in [7, 11) is 0. The van der Waals surface area contributed by atoms with Crippen molar-refractivity contribution in [3.8, 4) is 0 Å². The highest BCUT2D eigenvalue weighted by molar-refractivity contribution is 5.49. The van der Waals surface area contributed by atoms with Crippen molar-refractivity contribution in [2.75, 3.05) is 42.9 Å². The summed E-state index contributed by atoms with van der Waals surface area (Å²) >= 11 is 0. The largest absolute Gasteiger partial charge is 0.370 e. The topological polar surface area (TPSA) is 44.3 Å². The van der Waals surface area contributed by atoms with Gasteiger partial charge in [0.05, 0.1) is 0 Å². The Hall–Kier alpha value is -1.36. The Labute approximate surface area is 122 Å². The molecule has 0 spiro atoms. The quantitative estimate of drug-likeness (QED) is 0.917. The summed E-state index contributed by atoms with van der Waals surface area (Å²) in [5.41, 5.74) is 0.253. The van der Waals surface area contributed by atoms with Crippen molar-refractivity contribution in [3.05, 3.63) is 11.9 Å². The van der Waals surface area contributed by atoms with Crippen LogP contribution in [0.2, 0.25) is 0 Å². The number of anilines is 2. The molecular weight excluding hydrogens is 250 g/mol. The molecule has 1 aromatic heterocycles. The summed E-state index contributed by atoms with van der Waals surface area (Å²) in [5, 5.41) is 3.27. The normalized spacial score (nSPS) is 17.4. The fourth-order valence-electron chi connectivity index (χ4n) is 2.59. The SMILES string of the molecule is CCNc1cc(N2CCN(C(C)(C)C)CC2)nc(C)n1. The molecule has 0 aliphatic carbocycles. The maximum absolute atomic E-state index is 4.58. The molecule has 1 N–H and O–H groups in total. The second kappa shape index (κ2) is 5.95. The van der Waals surface area contributed by atoms with Crippen molar-refractivity contribution in [2.24, 2.45) is 0 Å². The van der Waals surface area contributed by atoms with E-state index in [1.807, 2.05) is 6.92 Å². The summed E-state index contributed by atoms with van der Waals surface area (Å²) in [4.78, 5) is 13.9. The van der Waals surface area contributed by atoms with Gasteiger partial charge in [-0.25, -0.2) is 9.97 Å². The third-order valence-electron chi connectivity index (χ3n) is 3.73. The van der Waals surface area contributed by atoms with Crippen LogP contribution in [0.5, 0.6) is 0 Å². The minimum absolute atomic E-state index is 0.253. The number of aromatic nitrogens is 2. The summed E-state index contributed by atoms with van der Waals surface area (Å²) < 4.78 is 0. The van der Waals surface area contributed by atoms with Crippen LogP contribution >= 0.6 is 0 Å². The van der Waals surface area contributed by atoms with Crippen molar-refractivity contribution < 1.29 is 0 Å². The molecule has 0 atom stereocenters. The van der Waals surface area contributed by atoms with Crippen LogP contribution in [-0.4, -0.2) is 53.1 Å². The van der Waals surface area contributed by atoms with Gasteiger partial charge in [0.1, 0.15) is 17.5 Å². The van der Waals surface area contributed by atoms with Crippen molar-refractivity contribution in [3.63, 3.8) is 0 Å². The number of piperazine rings is 1. The predicted octanol–water partition coefficient (Wildman–Crippen LogP) is 2.14. The smallest absolute Gasteiger partial charge is 0.134 e. The Morgan fingerprint density at radius 1 is 1.15 bits per heavy atom. The van der Waals surface area contributed by atoms with Crippen LogP contribution in [0.4, 0.5) is 11.6 Å². The van der Waals surface area contributed by atoms with Crippen molar-refractivity contribution >= 4 is 11.6 Å². The van der Waals surface area contributed by atoms with Gasteiger partial charge in [-0.3, -0.25) is 4.90 Å². The van der Waals surface area contributed by atoms with Gasteiger partial charge in [-0.15, -0.1) is 0 Å². The molecular formula is C15H27N5. The lowest BCUT2D eigenvalue weighted by Gasteiger charge is -2.42. The second-order valence-corrected chi connectivity index (χ2v) is 6.33. The monoisotopic (exact) mass is 277 g/mol. The molecule has 1 saturated heterocycles. The highest BCUT2D eigenvalue weighted by atomic mass is 15.3. The number of hydrogen-bond acceptors (Lipinski definition) is 5. The lowest BCUT2D eigenvalue weighted by atomic mass is 10.1. The lowest BCUT2D eigenvalue weighted by Crippen LogP contribution is -2.53. The molecule has 0 amide bonds. The van der Waals surface area contributed by atoms with E-state index in [1.54, 1.807) is 0 Å². The van der Waals surface area contributed by atoms with Crippen LogP contribution in [0.15, 0.2) is 6.07 Å². The molecule has 2 rings (SSSR count). The first-order chi connectivity index (χ1) is 9.40. The third kappa shape index (κ3) is 3.60. The van der Waals surface area contributed by atoms with E-state index in [2.05, 4.69) is 58.8 Å². The Bertz CT molecular complexity index is 444. The van der Waals surface area contributed by atoms with Gasteiger partial charge in [0.25, 0.3) is 0 Å². The molecule has 5 heteroatoms. The minimum Gasteiger partial charge on any atom is -0.370 e. The average Bonchev–Trinajstić information content (AvgIpc) is 2.37. The Morgan fingerprint density at radius 2 is 1.80 bits per heavy atom. The van der Waals surface area contributed by atoms with Crippen LogP contribution in [0.1, 0.15) is 33.5 Å². The first-order valence-electron chi connectivity index (χ1n) is 7.49. The highest BCUT2D eigenvalue weighted by Crippen LogP contribution is 2.21. The van der Waals surface area contributed by atoms with Gasteiger partial charge in [0.15, 0.2) is 0 Å². The van der Waals surface area contributed by atoms with Crippen molar-refractivity contribution in [1.29, 1.82) is 0 Å². The van der Waals surface area contributed by atoms with E-state index < -0.39 is 0 Å². The molecule has 1 aliphatic rings. The number of rotatable bonds is 3. The Kier molecular flexibility index (Phi) is 4.48. The Balaban J connectivity index is 2.07. The third-order valence-corrected chi connectivity index (χ3v) is 3.73. The summed E-state index contributed by atoms with van der Waals surface area (Å²) in [6.45, 7) is 16.0. The molecule has 5 nitrogen and oxygen atoms in total. The molecule has 1 aliphatic heterocycles. The molecule has 0 aromatic carbocycles. The van der Waals surface area contributed by atoms with E-state index in [-0.39, 0.29) is 5.54 Å². The van der Waals surface area contributed by atoms with Crippen LogP contribution in [0.3, 0.4) is 0 Å². The Morgan fingerprint density at radius 3 is 2.35 bits per heavy atom. The van der Waals surface area contributed by atoms with Crippen LogP contribution in [0, 0.1) is 6.92 Å². The van der Waals surface area contributed by atoms with Gasteiger partial charge >= 0.3 is 0 Å². The van der Waals surface area contributed by atoms with Crippen molar-refractivity contribution in [2.45, 2.75) is 40.2 Å². The molecule has 0 radical (unpaired) electrons. The van der Waals surface area contributed by atoms with E-state index in [1.165, 1.54) is 0 Å². The van der Waals surface area contributed by atoms with Gasteiger partial charge in [-0.05, 0) is 34.6 Å². The first-order valence-corrected chi connectivity index (χ1v) is 7.49. The molecule has 112 valence electrons. The number of nitrogens with one attached hydrogen (secondary N) is 1. The number of nitrogens with zero attached hydrogens (tertiary/aromatic N) is 4. The van der Waals surface area contributed by atoms with Crippen LogP contribution in [-0.2, 0) is 0 Å². The molecule has 1 aromatic rings. The molecule has 0 saturated carbocycles. The maximum atomic E-state index is 4.58. The van der Waals surface area contributed by atoms with Gasteiger partial charge < -0.3 is 10.2 Å². The molecule has 0 unspecified atom stereocenters. The standard InChI is InChI=1S/C15H27N5/c1-6-16-13-11-14(18-12(2)17-13)19-7-9-20(10-8-19)15(3,4)5/h11H,6-10H2,1-5H3,(H,16,17,18). The van der Waals surface area contributed by atoms with Gasteiger partial charge in [0, 0.05) is 44.3 Å². The first kappa shape index (κ1) is 15.0. The fourth-order valence-corrected chi connectivity index (χ4v) is 2.59. The molecule has 1 fully saturated rings. The zero-order valence-corrected chi connectivity index (χ0v) is 13.4. The van der Waals surface area contributed by atoms with Gasteiger partial charge in [-0.1, -0.05) is 0 Å². The summed E-state index contributed by atoms with van der Waals surface area (Å²) in [5.74, 6) is 2.80. The fraction of sp³-hybridized carbons (Fsp3) is 0.733. The van der Waals surface area contributed by atoms with Crippen LogP contribution in [0.25, 0.3) is 0 Å². The number of hydrogen-bond donors (Lipinski definition) is 1. The molecule has 20 heavy (non-hydrogen) atoms. The maximum Gasteiger partial charge on any atom is 0.134 e. The second-order valence-electron chi connectivity index (χ2n) is 6.33. The van der Waals surface area contributed by atoms with Gasteiger partial charge in [0.2, 0.25) is 0 Å². The van der Waals surface area contributed by atoms with E-state index in [0.717, 1.165) is 50.2 Å². The van der Waals surface area contributed by atoms with E-state index >= 15 is 0 Å². The average molecular weight is 277 g/mol. The lowest BCUT2D eigenvalue weighted by molar-refractivity contribution is 0.128. The predicted molar refractivity (Wildman–Crippen MR) is 84.5 cm³/mol. The molecule has 2 heterocycles. The van der Waals surface area contributed by atoms with E-state index in [9.17, 15) is 0 Å². The number of aryl methyl sites for hydroxylation is 1. The minimum atomic E-state index is 0.253. The van der Waals surface area contributed by atoms with Crippen molar-refractivity contribution in [1.82, 2.24) is 14.9 Å². The van der Waals surface area contributed by atoms with Gasteiger partial charge in [-0.2, -0.15) is 0 Å². The summed E-state index contributed by atoms with van der Waals surface area (Å²) in [6, 6.07) is 2.06.